The van der Waals surface area contributed by atoms with E-state index in [1.165, 1.54) is 23.1 Å². The van der Waals surface area contributed by atoms with E-state index < -0.39 is 47.0 Å². The number of amides is 4. The molecule has 4 rings (SSSR count). The summed E-state index contributed by atoms with van der Waals surface area (Å²) in [5.41, 5.74) is 4.66. The Morgan fingerprint density at radius 2 is 2.07 bits per heavy atom. The van der Waals surface area contributed by atoms with Crippen LogP contribution >= 0.6 is 0 Å². The summed E-state index contributed by atoms with van der Waals surface area (Å²) < 4.78 is 14.1. The van der Waals surface area contributed by atoms with Crippen molar-refractivity contribution in [1.82, 2.24) is 4.90 Å². The van der Waals surface area contributed by atoms with Crippen molar-refractivity contribution in [3.05, 3.63) is 29.6 Å². The van der Waals surface area contributed by atoms with Crippen LogP contribution in [0.1, 0.15) is 38.7 Å². The molecule has 1 spiro atoms. The lowest BCUT2D eigenvalue weighted by Gasteiger charge is -2.28. The number of imide groups is 1. The van der Waals surface area contributed by atoms with Gasteiger partial charge in [0.15, 0.2) is 0 Å². The molecule has 5 atom stereocenters. The van der Waals surface area contributed by atoms with Gasteiger partial charge in [0.05, 0.1) is 5.69 Å². The van der Waals surface area contributed by atoms with Crippen LogP contribution in [0.25, 0.3) is 0 Å². The fourth-order valence-electron chi connectivity index (χ4n) is 5.15. The second kappa shape index (κ2) is 6.62. The lowest BCUT2D eigenvalue weighted by molar-refractivity contribution is -0.734. The fraction of sp³-hybridized carbons (Fsp3) is 0.500. The van der Waals surface area contributed by atoms with Gasteiger partial charge in [0, 0.05) is 24.4 Å². The third kappa shape index (κ3) is 2.60. The number of carbonyl (C=O) groups is 4. The Morgan fingerprint density at radius 1 is 1.34 bits per heavy atom. The molecule has 0 radical (unpaired) electrons. The summed E-state index contributed by atoms with van der Waals surface area (Å²) in [6.07, 6.45) is 0.865. The number of quaternary nitrogens is 1. The van der Waals surface area contributed by atoms with Gasteiger partial charge in [-0.05, 0) is 31.5 Å². The standard InChI is InChI=1S/C20H23FN4O4/c1-3-9(2)25-17(27)15-13(6-7-14(22)26)24-20(16(15)18(25)28)11-8-10(21)4-5-12(11)23-19(20)29/h4-5,8-9,13,15-16,24H,3,6-7H2,1-2H3,(H2,22,26)(H,23,29)/p+1/t9-,13-,15+,16-,20+/m0/s1. The Hall–Kier alpha value is -2.81. The van der Waals surface area contributed by atoms with E-state index in [1.807, 2.05) is 6.92 Å². The molecule has 3 heterocycles. The molecule has 1 aromatic carbocycles. The number of anilines is 1. The Morgan fingerprint density at radius 3 is 2.72 bits per heavy atom. The predicted octanol–water partition coefficient (Wildman–Crippen LogP) is -0.416. The average molecular weight is 403 g/mol. The van der Waals surface area contributed by atoms with E-state index in [0.29, 0.717) is 17.7 Å². The number of hydrogen-bond donors (Lipinski definition) is 3. The van der Waals surface area contributed by atoms with Crippen LogP contribution in [0.2, 0.25) is 0 Å². The molecule has 0 aromatic heterocycles. The number of halogens is 1. The van der Waals surface area contributed by atoms with Gasteiger partial charge in [0.2, 0.25) is 23.3 Å². The minimum atomic E-state index is -1.43. The van der Waals surface area contributed by atoms with Gasteiger partial charge in [0.25, 0.3) is 5.91 Å². The van der Waals surface area contributed by atoms with Crippen molar-refractivity contribution in [2.24, 2.45) is 17.6 Å². The van der Waals surface area contributed by atoms with Crippen LogP contribution in [0, 0.1) is 17.7 Å². The van der Waals surface area contributed by atoms with Crippen LogP contribution in [0.5, 0.6) is 0 Å². The summed E-state index contributed by atoms with van der Waals surface area (Å²) in [6.45, 7) is 3.66. The van der Waals surface area contributed by atoms with E-state index in [4.69, 9.17) is 5.73 Å². The Labute approximate surface area is 167 Å². The smallest absolute Gasteiger partial charge is 0.291 e. The highest BCUT2D eigenvalue weighted by Crippen LogP contribution is 2.50. The number of likely N-dealkylation sites (tertiary alicyclic amines) is 1. The van der Waals surface area contributed by atoms with E-state index in [-0.39, 0.29) is 24.8 Å². The first-order chi connectivity index (χ1) is 13.7. The maximum absolute atomic E-state index is 14.1. The first kappa shape index (κ1) is 19.5. The summed E-state index contributed by atoms with van der Waals surface area (Å²) in [7, 11) is 0. The van der Waals surface area contributed by atoms with Gasteiger partial charge < -0.3 is 16.4 Å². The van der Waals surface area contributed by atoms with Gasteiger partial charge in [-0.3, -0.25) is 24.1 Å². The number of nitrogens with one attached hydrogen (secondary N) is 1. The largest absolute Gasteiger partial charge is 0.370 e. The van der Waals surface area contributed by atoms with Crippen molar-refractivity contribution < 1.29 is 28.9 Å². The van der Waals surface area contributed by atoms with Gasteiger partial charge in [-0.2, -0.15) is 0 Å². The molecule has 3 aliphatic rings. The van der Waals surface area contributed by atoms with E-state index in [1.54, 1.807) is 12.2 Å². The zero-order chi connectivity index (χ0) is 21.1. The highest BCUT2D eigenvalue weighted by Gasteiger charge is 2.74. The monoisotopic (exact) mass is 403 g/mol. The topological polar surface area (TPSA) is 126 Å². The number of fused-ring (bicyclic) bond motifs is 4. The predicted molar refractivity (Wildman–Crippen MR) is 99.4 cm³/mol. The van der Waals surface area contributed by atoms with Gasteiger partial charge >= 0.3 is 0 Å². The average Bonchev–Trinajstić information content (AvgIpc) is 3.25. The van der Waals surface area contributed by atoms with E-state index >= 15 is 0 Å². The molecular weight excluding hydrogens is 379 g/mol. The first-order valence-corrected chi connectivity index (χ1v) is 9.85. The molecule has 3 aliphatic heterocycles. The summed E-state index contributed by atoms with van der Waals surface area (Å²) in [6, 6.07) is 3.15. The van der Waals surface area contributed by atoms with Crippen LogP contribution in [0.4, 0.5) is 10.1 Å². The van der Waals surface area contributed by atoms with Crippen LogP contribution < -0.4 is 16.4 Å². The molecule has 9 heteroatoms. The van der Waals surface area contributed by atoms with Gasteiger partial charge in [0.1, 0.15) is 23.7 Å². The number of nitrogens with zero attached hydrogens (tertiary/aromatic N) is 1. The summed E-state index contributed by atoms with van der Waals surface area (Å²) in [5.74, 6) is -3.97. The van der Waals surface area contributed by atoms with Crippen molar-refractivity contribution in [2.45, 2.75) is 50.7 Å². The number of primary amides is 1. The highest BCUT2D eigenvalue weighted by molar-refractivity contribution is 6.14. The van der Waals surface area contributed by atoms with Crippen molar-refractivity contribution in [3.8, 4) is 0 Å². The van der Waals surface area contributed by atoms with Gasteiger partial charge in [-0.1, -0.05) is 6.92 Å². The van der Waals surface area contributed by atoms with E-state index in [9.17, 15) is 23.6 Å². The molecule has 0 bridgehead atoms. The number of rotatable bonds is 5. The number of hydrogen-bond acceptors (Lipinski definition) is 4. The lowest BCUT2D eigenvalue weighted by Crippen LogP contribution is -2.99. The number of benzene rings is 1. The van der Waals surface area contributed by atoms with Crippen LogP contribution in [-0.4, -0.2) is 40.6 Å². The van der Waals surface area contributed by atoms with Gasteiger partial charge in [-0.25, -0.2) is 4.39 Å². The minimum absolute atomic E-state index is 0.0307. The van der Waals surface area contributed by atoms with Crippen molar-refractivity contribution >= 4 is 29.3 Å². The summed E-state index contributed by atoms with van der Waals surface area (Å²) in [5, 5.41) is 4.41. The Bertz CT molecular complexity index is 935. The molecule has 154 valence electrons. The maximum atomic E-state index is 14.1. The molecule has 1 aromatic rings. The number of carbonyl (C=O) groups excluding carboxylic acids is 4. The summed E-state index contributed by atoms with van der Waals surface area (Å²) >= 11 is 0. The van der Waals surface area contributed by atoms with Crippen LogP contribution in [-0.2, 0) is 24.7 Å². The Balaban J connectivity index is 1.85. The normalized spacial score (nSPS) is 31.2. The van der Waals surface area contributed by atoms with Gasteiger partial charge in [-0.15, -0.1) is 0 Å². The van der Waals surface area contributed by atoms with E-state index in [2.05, 4.69) is 5.32 Å². The molecule has 2 fully saturated rings. The van der Waals surface area contributed by atoms with Crippen LogP contribution in [0.3, 0.4) is 0 Å². The zero-order valence-corrected chi connectivity index (χ0v) is 16.3. The molecule has 8 nitrogen and oxygen atoms in total. The molecule has 4 amide bonds. The Kier molecular flexibility index (Phi) is 4.45. The van der Waals surface area contributed by atoms with Crippen LogP contribution in [0.15, 0.2) is 18.2 Å². The molecular formula is C20H24FN4O4+. The molecule has 2 saturated heterocycles. The van der Waals surface area contributed by atoms with E-state index in [0.717, 1.165) is 0 Å². The maximum Gasteiger partial charge on any atom is 0.291 e. The van der Waals surface area contributed by atoms with Crippen molar-refractivity contribution in [1.29, 1.82) is 0 Å². The fourth-order valence-corrected chi connectivity index (χ4v) is 5.15. The molecule has 0 saturated carbocycles. The first-order valence-electron chi connectivity index (χ1n) is 9.85. The second-order valence-electron chi connectivity index (χ2n) is 8.16. The second-order valence-corrected chi connectivity index (χ2v) is 8.16. The third-order valence-electron chi connectivity index (χ3n) is 6.62. The van der Waals surface area contributed by atoms with Crippen molar-refractivity contribution in [3.63, 3.8) is 0 Å². The third-order valence-corrected chi connectivity index (χ3v) is 6.62. The highest BCUT2D eigenvalue weighted by atomic mass is 19.1. The minimum Gasteiger partial charge on any atom is -0.370 e. The molecule has 29 heavy (non-hydrogen) atoms. The summed E-state index contributed by atoms with van der Waals surface area (Å²) in [4.78, 5) is 52.4. The lowest BCUT2D eigenvalue weighted by atomic mass is 9.76. The zero-order valence-electron chi connectivity index (χ0n) is 16.3. The molecule has 5 N–H and O–H groups in total. The van der Waals surface area contributed by atoms with Crippen molar-refractivity contribution in [2.75, 3.05) is 5.32 Å². The quantitative estimate of drug-likeness (QED) is 0.578. The SMILES string of the molecule is CC[C@H](C)N1C(=O)[C@@H]2[C@H](CCC(N)=O)[NH2+][C@@]3(C(=O)Nc4ccc(F)cc43)[C@@H]2C1=O. The molecule has 0 aliphatic carbocycles. The number of nitrogens with two attached hydrogens (primary N) is 2. The molecule has 0 unspecified atom stereocenters.